The Balaban J connectivity index is 0.00000128. The Hall–Kier alpha value is -0.760. The van der Waals surface area contributed by atoms with E-state index in [0.29, 0.717) is 5.39 Å². The second kappa shape index (κ2) is 6.25. The van der Waals surface area contributed by atoms with Gasteiger partial charge in [0.1, 0.15) is 4.90 Å². The van der Waals surface area contributed by atoms with Crippen LogP contribution in [-0.4, -0.2) is 13.9 Å². The van der Waals surface area contributed by atoms with E-state index in [-0.39, 0.29) is 32.8 Å². The third kappa shape index (κ3) is 3.12. The molecule has 0 aliphatic heterocycles. The van der Waals surface area contributed by atoms with E-state index in [4.69, 9.17) is 0 Å². The number of hydrogen-bond donors (Lipinski definition) is 0. The summed E-state index contributed by atoms with van der Waals surface area (Å²) in [6.07, 6.45) is 0. The molecule has 0 aliphatic carbocycles. The molecule has 2 N–H and O–H groups in total. The quantitative estimate of drug-likeness (QED) is 0.771. The molecule has 0 saturated heterocycles. The summed E-state index contributed by atoms with van der Waals surface area (Å²) in [5.41, 5.74) is 0. The molecule has 0 heterocycles. The van der Waals surface area contributed by atoms with E-state index in [1.165, 1.54) is 12.1 Å². The SMILES string of the molecule is O.O=S(=O)(OF)c1cccc2ccccc12.[Ag]. The van der Waals surface area contributed by atoms with E-state index in [1.807, 2.05) is 0 Å². The van der Waals surface area contributed by atoms with Gasteiger partial charge in [-0.1, -0.05) is 40.8 Å². The standard InChI is InChI=1S/C10H7FO3S.Ag.H2O/c11-14-15(12,13)10-7-3-5-8-4-1-2-6-9(8)10;;/h1-7H;;1H2. The summed E-state index contributed by atoms with van der Waals surface area (Å²) in [6.45, 7) is 0. The van der Waals surface area contributed by atoms with Crippen LogP contribution >= 0.6 is 0 Å². The van der Waals surface area contributed by atoms with Crippen molar-refractivity contribution in [2.45, 2.75) is 4.90 Å². The molecule has 1 radical (unpaired) electrons. The van der Waals surface area contributed by atoms with Crippen LogP contribution in [0.25, 0.3) is 10.8 Å². The summed E-state index contributed by atoms with van der Waals surface area (Å²) in [7, 11) is -4.29. The molecule has 2 aromatic rings. The fourth-order valence-corrected chi connectivity index (χ4v) is 2.22. The van der Waals surface area contributed by atoms with E-state index >= 15 is 0 Å². The number of rotatable bonds is 2. The van der Waals surface area contributed by atoms with Crippen LogP contribution in [-0.2, 0) is 36.9 Å². The minimum atomic E-state index is -4.29. The average molecular weight is 352 g/mol. The number of halogens is 1. The van der Waals surface area contributed by atoms with Crippen LogP contribution in [0.4, 0.5) is 4.53 Å². The van der Waals surface area contributed by atoms with Crippen molar-refractivity contribution in [1.82, 2.24) is 0 Å². The van der Waals surface area contributed by atoms with Crippen molar-refractivity contribution in [2.24, 2.45) is 0 Å². The first-order chi connectivity index (χ1) is 7.15. The Morgan fingerprint density at radius 2 is 1.59 bits per heavy atom. The fourth-order valence-electron chi connectivity index (χ4n) is 1.45. The molecule has 0 aliphatic rings. The average Bonchev–Trinajstić information content (AvgIpc) is 2.28. The van der Waals surface area contributed by atoms with Crippen molar-refractivity contribution < 1.29 is 45.2 Å². The van der Waals surface area contributed by atoms with Gasteiger partial charge in [-0.05, 0) is 16.0 Å². The van der Waals surface area contributed by atoms with Crippen LogP contribution in [0.5, 0.6) is 0 Å². The van der Waals surface area contributed by atoms with Gasteiger partial charge in [-0.2, -0.15) is 8.42 Å². The van der Waals surface area contributed by atoms with Crippen LogP contribution in [0.3, 0.4) is 0 Å². The van der Waals surface area contributed by atoms with Crippen molar-refractivity contribution in [1.29, 1.82) is 0 Å². The molecule has 0 saturated carbocycles. The Morgan fingerprint density at radius 3 is 2.24 bits per heavy atom. The van der Waals surface area contributed by atoms with Gasteiger partial charge in [-0.15, -0.1) is 0 Å². The topological polar surface area (TPSA) is 74.9 Å². The van der Waals surface area contributed by atoms with Gasteiger partial charge in [0.2, 0.25) is 0 Å². The van der Waals surface area contributed by atoms with Gasteiger partial charge in [-0.3, -0.25) is 0 Å². The zero-order valence-electron chi connectivity index (χ0n) is 8.35. The third-order valence-corrected chi connectivity index (χ3v) is 3.16. The summed E-state index contributed by atoms with van der Waals surface area (Å²) < 4.78 is 37.3. The first-order valence-corrected chi connectivity index (χ1v) is 5.59. The Labute approximate surface area is 113 Å². The van der Waals surface area contributed by atoms with Crippen molar-refractivity contribution in [3.63, 3.8) is 0 Å². The molecule has 0 unspecified atom stereocenters. The zero-order chi connectivity index (χ0) is 10.9. The molecule has 17 heavy (non-hydrogen) atoms. The minimum absolute atomic E-state index is 0. The molecule has 0 aromatic heterocycles. The largest absolute Gasteiger partial charge is 0.412 e. The van der Waals surface area contributed by atoms with Crippen molar-refractivity contribution in [2.75, 3.05) is 0 Å². The maximum absolute atomic E-state index is 11.9. The van der Waals surface area contributed by atoms with Crippen molar-refractivity contribution >= 4 is 20.9 Å². The van der Waals surface area contributed by atoms with Crippen LogP contribution in [0.15, 0.2) is 47.4 Å². The number of fused-ring (bicyclic) bond motifs is 1. The van der Waals surface area contributed by atoms with E-state index in [0.717, 1.165) is 5.39 Å². The Morgan fingerprint density at radius 1 is 1.00 bits per heavy atom. The van der Waals surface area contributed by atoms with Gasteiger partial charge < -0.3 is 5.48 Å². The molecule has 7 heteroatoms. The second-order valence-corrected chi connectivity index (χ2v) is 4.47. The smallest absolute Gasteiger partial charge is 0.327 e. The summed E-state index contributed by atoms with van der Waals surface area (Å²) in [4.78, 5) is -0.164. The van der Waals surface area contributed by atoms with E-state index < -0.39 is 10.1 Å². The van der Waals surface area contributed by atoms with Gasteiger partial charge in [0.15, 0.2) is 0 Å². The maximum Gasteiger partial charge on any atom is 0.327 e. The van der Waals surface area contributed by atoms with Crippen LogP contribution in [0.2, 0.25) is 0 Å². The summed E-state index contributed by atoms with van der Waals surface area (Å²) in [5, 5.41) is 1.16. The van der Waals surface area contributed by atoms with Crippen LogP contribution in [0.1, 0.15) is 0 Å². The molecule has 0 fully saturated rings. The third-order valence-electron chi connectivity index (χ3n) is 2.10. The fraction of sp³-hybridized carbons (Fsp3) is 0. The summed E-state index contributed by atoms with van der Waals surface area (Å²) >= 11 is 0. The minimum Gasteiger partial charge on any atom is -0.412 e. The van der Waals surface area contributed by atoms with Gasteiger partial charge in [-0.25, -0.2) is 0 Å². The predicted octanol–water partition coefficient (Wildman–Crippen LogP) is 1.60. The van der Waals surface area contributed by atoms with Gasteiger partial charge in [0, 0.05) is 27.8 Å². The molecular formula is C10H9AgFO4S. The molecule has 0 atom stereocenters. The Bertz CT molecular complexity index is 595. The summed E-state index contributed by atoms with van der Waals surface area (Å²) in [5.74, 6) is 0. The number of benzene rings is 2. The van der Waals surface area contributed by atoms with Crippen LogP contribution in [0, 0.1) is 0 Å². The van der Waals surface area contributed by atoms with Gasteiger partial charge in [0.05, 0.1) is 0 Å². The molecule has 0 bridgehead atoms. The zero-order valence-corrected chi connectivity index (χ0v) is 10.7. The van der Waals surface area contributed by atoms with Crippen molar-refractivity contribution in [3.8, 4) is 0 Å². The normalized spacial score (nSPS) is 10.4. The second-order valence-electron chi connectivity index (χ2n) is 2.99. The van der Waals surface area contributed by atoms with E-state index in [2.05, 4.69) is 4.39 Å². The first kappa shape index (κ1) is 16.2. The number of hydrogen-bond acceptors (Lipinski definition) is 3. The first-order valence-electron chi connectivity index (χ1n) is 4.18. The van der Waals surface area contributed by atoms with E-state index in [1.54, 1.807) is 30.3 Å². The van der Waals surface area contributed by atoms with Crippen LogP contribution < -0.4 is 0 Å². The maximum atomic E-state index is 11.9. The molecular weight excluding hydrogens is 343 g/mol. The van der Waals surface area contributed by atoms with Crippen molar-refractivity contribution in [3.05, 3.63) is 42.5 Å². The molecule has 4 nitrogen and oxygen atoms in total. The molecule has 0 amide bonds. The molecule has 97 valence electrons. The van der Waals surface area contributed by atoms with Gasteiger partial charge >= 0.3 is 10.1 Å². The molecule has 2 aromatic carbocycles. The van der Waals surface area contributed by atoms with Gasteiger partial charge in [0.25, 0.3) is 0 Å². The summed E-state index contributed by atoms with van der Waals surface area (Å²) in [6, 6.07) is 11.4. The molecule has 2 rings (SSSR count). The predicted molar refractivity (Wildman–Crippen MR) is 56.9 cm³/mol. The van der Waals surface area contributed by atoms with E-state index in [9.17, 15) is 12.9 Å². The molecule has 0 spiro atoms. The Kier molecular flexibility index (Phi) is 5.97. The monoisotopic (exact) mass is 351 g/mol.